The number of sulfonamides is 1. The van der Waals surface area contributed by atoms with Gasteiger partial charge in [-0.15, -0.1) is 35.3 Å². The monoisotopic (exact) mass is 472 g/mol. The zero-order valence-electron chi connectivity index (χ0n) is 13.5. The van der Waals surface area contributed by atoms with E-state index in [2.05, 4.69) is 26.9 Å². The van der Waals surface area contributed by atoms with E-state index in [1.807, 2.05) is 0 Å². The van der Waals surface area contributed by atoms with Crippen molar-refractivity contribution in [3.63, 3.8) is 0 Å². The van der Waals surface area contributed by atoms with Crippen LogP contribution in [0, 0.1) is 5.92 Å². The molecule has 23 heavy (non-hydrogen) atoms. The number of guanidine groups is 1. The number of nitrogens with one attached hydrogen (secondary N) is 2. The molecule has 132 valence electrons. The van der Waals surface area contributed by atoms with Crippen LogP contribution in [0.1, 0.15) is 19.8 Å². The average molecular weight is 472 g/mol. The van der Waals surface area contributed by atoms with Crippen molar-refractivity contribution in [3.8, 4) is 0 Å². The van der Waals surface area contributed by atoms with E-state index < -0.39 is 10.0 Å². The molecule has 1 aliphatic heterocycles. The highest BCUT2D eigenvalue weighted by atomic mass is 127. The topological polar surface area (TPSA) is 73.8 Å². The molecule has 0 aliphatic carbocycles. The first-order valence-corrected chi connectivity index (χ1v) is 9.88. The second kappa shape index (κ2) is 9.80. The number of piperidine rings is 1. The first kappa shape index (κ1) is 20.7. The van der Waals surface area contributed by atoms with Crippen LogP contribution in [-0.4, -0.2) is 52.5 Å². The Morgan fingerprint density at radius 2 is 2.26 bits per heavy atom. The van der Waals surface area contributed by atoms with Gasteiger partial charge in [0.2, 0.25) is 10.0 Å². The summed E-state index contributed by atoms with van der Waals surface area (Å²) in [6, 6.07) is 3.34. The first-order chi connectivity index (χ1) is 10.5. The van der Waals surface area contributed by atoms with Crippen molar-refractivity contribution in [2.45, 2.75) is 24.0 Å². The van der Waals surface area contributed by atoms with Gasteiger partial charge in [-0.1, -0.05) is 13.0 Å². The van der Waals surface area contributed by atoms with Gasteiger partial charge in [0.25, 0.3) is 0 Å². The molecule has 0 radical (unpaired) electrons. The molecule has 1 aliphatic rings. The summed E-state index contributed by atoms with van der Waals surface area (Å²) in [6.45, 7) is 5.10. The van der Waals surface area contributed by atoms with Crippen molar-refractivity contribution in [2.75, 3.05) is 33.2 Å². The van der Waals surface area contributed by atoms with E-state index in [9.17, 15) is 8.42 Å². The third kappa shape index (κ3) is 6.20. The Kier molecular flexibility index (Phi) is 8.80. The number of likely N-dealkylation sites (tertiary alicyclic amines) is 1. The minimum absolute atomic E-state index is 0. The number of nitrogens with zero attached hydrogens (tertiary/aromatic N) is 2. The molecule has 2 rings (SSSR count). The van der Waals surface area contributed by atoms with Gasteiger partial charge in [0.05, 0.1) is 0 Å². The van der Waals surface area contributed by atoms with Crippen molar-refractivity contribution < 1.29 is 8.42 Å². The third-order valence-corrected chi connectivity index (χ3v) is 6.49. The van der Waals surface area contributed by atoms with E-state index >= 15 is 0 Å². The maximum absolute atomic E-state index is 12.0. The number of aliphatic imine (C=N–C) groups is 1. The summed E-state index contributed by atoms with van der Waals surface area (Å²) in [5, 5.41) is 4.99. The van der Waals surface area contributed by atoms with Crippen LogP contribution in [0.4, 0.5) is 0 Å². The molecule has 2 N–H and O–H groups in total. The van der Waals surface area contributed by atoms with E-state index in [1.165, 1.54) is 24.2 Å². The van der Waals surface area contributed by atoms with Crippen LogP contribution >= 0.6 is 35.3 Å². The zero-order chi connectivity index (χ0) is 16.0. The van der Waals surface area contributed by atoms with Crippen molar-refractivity contribution in [2.24, 2.45) is 10.9 Å². The third-order valence-electron chi connectivity index (χ3n) is 3.63. The summed E-state index contributed by atoms with van der Waals surface area (Å²) < 4.78 is 26.9. The Morgan fingerprint density at radius 3 is 2.87 bits per heavy atom. The molecule has 1 unspecified atom stereocenters. The predicted molar refractivity (Wildman–Crippen MR) is 106 cm³/mol. The summed E-state index contributed by atoms with van der Waals surface area (Å²) in [7, 11) is -1.62. The Bertz CT molecular complexity index is 590. The SMILES string of the molecule is CN=C(NCCNS(=O)(=O)c1cccs1)N1CCCC(C)C1.I. The zero-order valence-corrected chi connectivity index (χ0v) is 17.5. The fraction of sp³-hybridized carbons (Fsp3) is 0.643. The summed E-state index contributed by atoms with van der Waals surface area (Å²) in [6.07, 6.45) is 2.43. The molecule has 2 heterocycles. The minimum Gasteiger partial charge on any atom is -0.355 e. The van der Waals surface area contributed by atoms with Gasteiger partial charge in [-0.25, -0.2) is 13.1 Å². The second-order valence-corrected chi connectivity index (χ2v) is 8.44. The van der Waals surface area contributed by atoms with Gasteiger partial charge in [0.1, 0.15) is 4.21 Å². The molecule has 1 saturated heterocycles. The quantitative estimate of drug-likeness (QED) is 0.298. The van der Waals surface area contributed by atoms with Crippen molar-refractivity contribution in [1.82, 2.24) is 14.9 Å². The maximum atomic E-state index is 12.0. The molecule has 9 heteroatoms. The van der Waals surface area contributed by atoms with Crippen LogP contribution in [0.5, 0.6) is 0 Å². The van der Waals surface area contributed by atoms with Crippen molar-refractivity contribution in [1.29, 1.82) is 0 Å². The van der Waals surface area contributed by atoms with Crippen LogP contribution in [0.3, 0.4) is 0 Å². The smallest absolute Gasteiger partial charge is 0.250 e. The maximum Gasteiger partial charge on any atom is 0.250 e. The number of halogens is 1. The van der Waals surface area contributed by atoms with Crippen LogP contribution < -0.4 is 10.0 Å². The summed E-state index contributed by atoms with van der Waals surface area (Å²) in [4.78, 5) is 6.52. The van der Waals surface area contributed by atoms with Gasteiger partial charge in [-0.2, -0.15) is 0 Å². The van der Waals surface area contributed by atoms with Crippen LogP contribution in [0.25, 0.3) is 0 Å². The highest BCUT2D eigenvalue weighted by Gasteiger charge is 2.19. The lowest BCUT2D eigenvalue weighted by Gasteiger charge is -2.33. The molecule has 0 spiro atoms. The summed E-state index contributed by atoms with van der Waals surface area (Å²) >= 11 is 1.22. The van der Waals surface area contributed by atoms with Gasteiger partial charge in [0, 0.05) is 33.2 Å². The van der Waals surface area contributed by atoms with E-state index in [-0.39, 0.29) is 24.0 Å². The fourth-order valence-corrected chi connectivity index (χ4v) is 4.63. The van der Waals surface area contributed by atoms with Crippen LogP contribution in [0.15, 0.2) is 26.7 Å². The Morgan fingerprint density at radius 1 is 1.48 bits per heavy atom. The largest absolute Gasteiger partial charge is 0.355 e. The normalized spacial score (nSPS) is 19.3. The van der Waals surface area contributed by atoms with E-state index in [0.717, 1.165) is 19.0 Å². The lowest BCUT2D eigenvalue weighted by molar-refractivity contribution is 0.266. The van der Waals surface area contributed by atoms with Crippen molar-refractivity contribution >= 4 is 51.3 Å². The first-order valence-electron chi connectivity index (χ1n) is 7.51. The summed E-state index contributed by atoms with van der Waals surface area (Å²) in [5.41, 5.74) is 0. The molecule has 0 saturated carbocycles. The minimum atomic E-state index is -3.38. The Labute approximate surface area is 159 Å². The number of rotatable bonds is 5. The number of thiophene rings is 1. The summed E-state index contributed by atoms with van der Waals surface area (Å²) in [5.74, 6) is 1.52. The average Bonchev–Trinajstić information content (AvgIpc) is 3.02. The van der Waals surface area contributed by atoms with Gasteiger partial charge >= 0.3 is 0 Å². The lowest BCUT2D eigenvalue weighted by Crippen LogP contribution is -2.47. The van der Waals surface area contributed by atoms with E-state index in [4.69, 9.17) is 0 Å². The molecule has 1 atom stereocenters. The van der Waals surface area contributed by atoms with Gasteiger partial charge in [-0.05, 0) is 30.2 Å². The molecule has 1 aromatic rings. The van der Waals surface area contributed by atoms with Gasteiger partial charge in [0.15, 0.2) is 5.96 Å². The van der Waals surface area contributed by atoms with Crippen LogP contribution in [0.2, 0.25) is 0 Å². The molecule has 0 aromatic carbocycles. The van der Waals surface area contributed by atoms with E-state index in [0.29, 0.717) is 23.2 Å². The van der Waals surface area contributed by atoms with Crippen LogP contribution in [-0.2, 0) is 10.0 Å². The molecule has 6 nitrogen and oxygen atoms in total. The highest BCUT2D eigenvalue weighted by molar-refractivity contribution is 14.0. The number of hydrogen-bond acceptors (Lipinski definition) is 4. The second-order valence-electron chi connectivity index (χ2n) is 5.50. The van der Waals surface area contributed by atoms with Gasteiger partial charge < -0.3 is 10.2 Å². The lowest BCUT2D eigenvalue weighted by atomic mass is 10.0. The molecular weight excluding hydrogens is 447 g/mol. The predicted octanol–water partition coefficient (Wildman–Crippen LogP) is 1.95. The van der Waals surface area contributed by atoms with Crippen molar-refractivity contribution in [3.05, 3.63) is 17.5 Å². The Hall–Kier alpha value is -0.390. The van der Waals surface area contributed by atoms with E-state index in [1.54, 1.807) is 24.6 Å². The highest BCUT2D eigenvalue weighted by Crippen LogP contribution is 2.16. The fourth-order valence-electron chi connectivity index (χ4n) is 2.56. The molecule has 1 aromatic heterocycles. The molecule has 1 fully saturated rings. The molecule has 0 bridgehead atoms. The Balaban J connectivity index is 0.00000264. The number of hydrogen-bond donors (Lipinski definition) is 2. The molecular formula is C14H25IN4O2S2. The van der Waals surface area contributed by atoms with Gasteiger partial charge in [-0.3, -0.25) is 4.99 Å². The molecule has 0 amide bonds. The standard InChI is InChI=1S/C14H24N4O2S2.HI/c1-12-5-3-9-18(11-12)14(15-2)16-7-8-17-22(19,20)13-6-4-10-21-13;/h4,6,10,12,17H,3,5,7-9,11H2,1-2H3,(H,15,16);1H.